The van der Waals surface area contributed by atoms with Crippen molar-refractivity contribution in [3.8, 4) is 0 Å². The second-order valence-corrected chi connectivity index (χ2v) is 5.82. The van der Waals surface area contributed by atoms with E-state index in [1.54, 1.807) is 0 Å². The molecule has 0 aliphatic rings. The lowest BCUT2D eigenvalue weighted by molar-refractivity contribution is -0.119. The summed E-state index contributed by atoms with van der Waals surface area (Å²) in [4.78, 5) is 11.6. The Bertz CT molecular complexity index is 385. The van der Waals surface area contributed by atoms with Crippen LogP contribution in [0.5, 0.6) is 0 Å². The predicted molar refractivity (Wildman–Crippen MR) is 79.8 cm³/mol. The molecule has 3 nitrogen and oxygen atoms in total. The Labute approximate surface area is 117 Å². The summed E-state index contributed by atoms with van der Waals surface area (Å²) in [5, 5.41) is 6.02. The van der Waals surface area contributed by atoms with Crippen LogP contribution in [0.3, 0.4) is 0 Å². The van der Waals surface area contributed by atoms with Crippen LogP contribution in [0.4, 0.5) is 5.69 Å². The lowest BCUT2D eigenvalue weighted by Crippen LogP contribution is -2.31. The van der Waals surface area contributed by atoms with E-state index in [-0.39, 0.29) is 5.91 Å². The maximum absolute atomic E-state index is 11.6. The molecule has 1 aromatic carbocycles. The maximum atomic E-state index is 11.6. The first-order chi connectivity index (χ1) is 8.47. The van der Waals surface area contributed by atoms with E-state index in [0.29, 0.717) is 12.5 Å². The van der Waals surface area contributed by atoms with Crippen molar-refractivity contribution >= 4 is 27.5 Å². The number of rotatable bonds is 6. The second-order valence-electron chi connectivity index (χ2n) is 4.90. The molecule has 0 atom stereocenters. The maximum Gasteiger partial charge on any atom is 0.239 e. The van der Waals surface area contributed by atoms with Crippen LogP contribution in [0.15, 0.2) is 22.7 Å². The lowest BCUT2D eigenvalue weighted by atomic mass is 10.1. The third kappa shape index (κ3) is 6.05. The third-order valence-corrected chi connectivity index (χ3v) is 3.00. The number of hydrogen-bond acceptors (Lipinski definition) is 2. The molecule has 0 aliphatic heterocycles. The molecule has 0 bridgehead atoms. The highest BCUT2D eigenvalue weighted by molar-refractivity contribution is 9.10. The first-order valence-electron chi connectivity index (χ1n) is 6.25. The van der Waals surface area contributed by atoms with Crippen LogP contribution in [-0.2, 0) is 4.79 Å². The molecule has 18 heavy (non-hydrogen) atoms. The van der Waals surface area contributed by atoms with E-state index in [1.807, 2.05) is 25.1 Å². The van der Waals surface area contributed by atoms with Gasteiger partial charge in [0, 0.05) is 16.7 Å². The fraction of sp³-hybridized carbons (Fsp3) is 0.500. The van der Waals surface area contributed by atoms with Crippen LogP contribution in [0.25, 0.3) is 0 Å². The van der Waals surface area contributed by atoms with E-state index in [2.05, 4.69) is 40.4 Å². The Morgan fingerprint density at radius 1 is 1.33 bits per heavy atom. The van der Waals surface area contributed by atoms with Crippen LogP contribution in [-0.4, -0.2) is 19.0 Å². The molecule has 0 radical (unpaired) electrons. The van der Waals surface area contributed by atoms with E-state index in [4.69, 9.17) is 0 Å². The molecule has 100 valence electrons. The fourth-order valence-corrected chi connectivity index (χ4v) is 2.19. The van der Waals surface area contributed by atoms with Crippen LogP contribution >= 0.6 is 15.9 Å². The van der Waals surface area contributed by atoms with Crippen molar-refractivity contribution in [2.75, 3.05) is 18.4 Å². The second kappa shape index (κ2) is 7.41. The number of carbonyl (C=O) groups excluding carboxylic acids is 1. The smallest absolute Gasteiger partial charge is 0.239 e. The van der Waals surface area contributed by atoms with Crippen molar-refractivity contribution < 1.29 is 4.79 Å². The summed E-state index contributed by atoms with van der Waals surface area (Å²) in [5.74, 6) is 0.652. The summed E-state index contributed by atoms with van der Waals surface area (Å²) in [5.41, 5.74) is 2.12. The number of hydrogen-bond donors (Lipinski definition) is 2. The minimum atomic E-state index is 0.0354. The summed E-state index contributed by atoms with van der Waals surface area (Å²) < 4.78 is 1.02. The Morgan fingerprint density at radius 3 is 2.67 bits per heavy atom. The van der Waals surface area contributed by atoms with Crippen LogP contribution in [0.2, 0.25) is 0 Å². The van der Waals surface area contributed by atoms with Crippen molar-refractivity contribution in [3.05, 3.63) is 28.2 Å². The van der Waals surface area contributed by atoms with Crippen molar-refractivity contribution in [1.82, 2.24) is 5.32 Å². The van der Waals surface area contributed by atoms with E-state index in [0.717, 1.165) is 28.7 Å². The number of benzene rings is 1. The molecule has 0 aliphatic carbocycles. The summed E-state index contributed by atoms with van der Waals surface area (Å²) in [6.45, 7) is 7.38. The molecule has 0 saturated heterocycles. The van der Waals surface area contributed by atoms with Crippen LogP contribution < -0.4 is 10.6 Å². The zero-order chi connectivity index (χ0) is 13.5. The number of nitrogens with one attached hydrogen (secondary N) is 2. The molecule has 0 unspecified atom stereocenters. The number of anilines is 1. The Hall–Kier alpha value is -1.03. The van der Waals surface area contributed by atoms with E-state index in [9.17, 15) is 4.79 Å². The van der Waals surface area contributed by atoms with Gasteiger partial charge in [-0.1, -0.05) is 29.8 Å². The largest absolute Gasteiger partial charge is 0.376 e. The Kier molecular flexibility index (Phi) is 6.19. The Balaban J connectivity index is 2.33. The van der Waals surface area contributed by atoms with Gasteiger partial charge in [-0.15, -0.1) is 0 Å². The van der Waals surface area contributed by atoms with Gasteiger partial charge in [0.15, 0.2) is 0 Å². The fourth-order valence-electron chi connectivity index (χ4n) is 1.58. The molecule has 1 rings (SSSR count). The zero-order valence-corrected chi connectivity index (χ0v) is 12.8. The molecule has 2 N–H and O–H groups in total. The Morgan fingerprint density at radius 2 is 2.06 bits per heavy atom. The molecular formula is C14H21BrN2O. The summed E-state index contributed by atoms with van der Waals surface area (Å²) in [7, 11) is 0. The first kappa shape index (κ1) is 15.0. The highest BCUT2D eigenvalue weighted by Crippen LogP contribution is 2.18. The molecule has 4 heteroatoms. The number of halogens is 1. The molecular weight excluding hydrogens is 292 g/mol. The summed E-state index contributed by atoms with van der Waals surface area (Å²) in [6, 6.07) is 6.02. The van der Waals surface area contributed by atoms with Crippen molar-refractivity contribution in [3.63, 3.8) is 0 Å². The molecule has 1 amide bonds. The van der Waals surface area contributed by atoms with E-state index >= 15 is 0 Å². The average molecular weight is 313 g/mol. The standard InChI is InChI=1S/C14H21BrN2O/c1-10(2)4-5-16-14(18)9-17-13-7-11(3)6-12(15)8-13/h6-8,10,17H,4-5,9H2,1-3H3,(H,16,18). The van der Waals surface area contributed by atoms with Gasteiger partial charge in [-0.3, -0.25) is 4.79 Å². The van der Waals surface area contributed by atoms with Gasteiger partial charge < -0.3 is 10.6 Å². The van der Waals surface area contributed by atoms with Crippen molar-refractivity contribution in [1.29, 1.82) is 0 Å². The molecule has 1 aromatic rings. The van der Waals surface area contributed by atoms with Gasteiger partial charge in [0.1, 0.15) is 0 Å². The van der Waals surface area contributed by atoms with E-state index < -0.39 is 0 Å². The van der Waals surface area contributed by atoms with Crippen LogP contribution in [0.1, 0.15) is 25.8 Å². The number of aryl methyl sites for hydroxylation is 1. The van der Waals surface area contributed by atoms with Gasteiger partial charge in [0.2, 0.25) is 5.91 Å². The molecule has 0 aromatic heterocycles. The summed E-state index contributed by atoms with van der Waals surface area (Å²) >= 11 is 3.44. The lowest BCUT2D eigenvalue weighted by Gasteiger charge is -2.10. The van der Waals surface area contributed by atoms with Gasteiger partial charge in [0.05, 0.1) is 6.54 Å². The molecule has 0 saturated carbocycles. The quantitative estimate of drug-likeness (QED) is 0.846. The topological polar surface area (TPSA) is 41.1 Å². The monoisotopic (exact) mass is 312 g/mol. The predicted octanol–water partition coefficient (Wildman–Crippen LogP) is 3.33. The van der Waals surface area contributed by atoms with Gasteiger partial charge >= 0.3 is 0 Å². The van der Waals surface area contributed by atoms with Crippen LogP contribution in [0, 0.1) is 12.8 Å². The molecule has 0 heterocycles. The summed E-state index contributed by atoms with van der Waals surface area (Å²) in [6.07, 6.45) is 1.02. The van der Waals surface area contributed by atoms with Gasteiger partial charge in [-0.2, -0.15) is 0 Å². The highest BCUT2D eigenvalue weighted by atomic mass is 79.9. The normalized spacial score (nSPS) is 10.5. The molecule has 0 fully saturated rings. The average Bonchev–Trinajstić information content (AvgIpc) is 2.24. The minimum Gasteiger partial charge on any atom is -0.376 e. The zero-order valence-electron chi connectivity index (χ0n) is 11.2. The third-order valence-electron chi connectivity index (χ3n) is 2.54. The van der Waals surface area contributed by atoms with Crippen molar-refractivity contribution in [2.24, 2.45) is 5.92 Å². The van der Waals surface area contributed by atoms with Crippen molar-refractivity contribution in [2.45, 2.75) is 27.2 Å². The number of carbonyl (C=O) groups is 1. The first-order valence-corrected chi connectivity index (χ1v) is 7.04. The van der Waals surface area contributed by atoms with Gasteiger partial charge in [0.25, 0.3) is 0 Å². The number of amides is 1. The minimum absolute atomic E-state index is 0.0354. The van der Waals surface area contributed by atoms with Gasteiger partial charge in [-0.05, 0) is 43.0 Å². The van der Waals surface area contributed by atoms with E-state index in [1.165, 1.54) is 0 Å². The SMILES string of the molecule is Cc1cc(Br)cc(NCC(=O)NCCC(C)C)c1. The highest BCUT2D eigenvalue weighted by Gasteiger charge is 2.02. The van der Waals surface area contributed by atoms with Gasteiger partial charge in [-0.25, -0.2) is 0 Å². The molecule has 0 spiro atoms.